The highest BCUT2D eigenvalue weighted by Gasteiger charge is 2.15. The summed E-state index contributed by atoms with van der Waals surface area (Å²) >= 11 is 7.33. The molecule has 3 aromatic carbocycles. The molecule has 1 heterocycles. The molecular weight excluding hydrogens is 474 g/mol. The molecule has 9 heteroatoms. The zero-order valence-corrected chi connectivity index (χ0v) is 19.9. The lowest BCUT2D eigenvalue weighted by molar-refractivity contribution is -0.118. The smallest absolute Gasteiger partial charge is 0.266 e. The minimum atomic E-state index is -0.221. The number of para-hydroxylation sites is 3. The van der Waals surface area contributed by atoms with Crippen molar-refractivity contribution in [1.82, 2.24) is 14.9 Å². The van der Waals surface area contributed by atoms with Crippen LogP contribution in [-0.4, -0.2) is 41.5 Å². The largest absolute Gasteiger partial charge is 0.493 e. The Bertz CT molecular complexity index is 1380. The third-order valence-electron chi connectivity index (χ3n) is 4.89. The topological polar surface area (TPSA) is 82.5 Å². The van der Waals surface area contributed by atoms with E-state index in [4.69, 9.17) is 21.1 Å². The normalized spacial score (nSPS) is 10.8. The third-order valence-corrected chi connectivity index (χ3v) is 6.07. The Morgan fingerprint density at radius 2 is 1.82 bits per heavy atom. The number of amides is 1. The van der Waals surface area contributed by atoms with Gasteiger partial charge in [0, 0.05) is 5.02 Å². The van der Waals surface area contributed by atoms with E-state index in [0.29, 0.717) is 44.8 Å². The molecule has 4 aromatic rings. The molecule has 0 saturated carbocycles. The predicted molar refractivity (Wildman–Crippen MR) is 135 cm³/mol. The molecule has 34 heavy (non-hydrogen) atoms. The number of nitrogens with zero attached hydrogens (tertiary/aromatic N) is 2. The molecule has 174 valence electrons. The van der Waals surface area contributed by atoms with Crippen LogP contribution in [0.2, 0.25) is 5.02 Å². The molecule has 4 rings (SSSR count). The van der Waals surface area contributed by atoms with Crippen molar-refractivity contribution in [3.05, 3.63) is 88.2 Å². The Kier molecular flexibility index (Phi) is 7.72. The van der Waals surface area contributed by atoms with Crippen molar-refractivity contribution in [2.24, 2.45) is 0 Å². The highest BCUT2D eigenvalue weighted by Crippen LogP contribution is 2.25. The van der Waals surface area contributed by atoms with Crippen molar-refractivity contribution in [2.45, 2.75) is 5.16 Å². The first-order valence-electron chi connectivity index (χ1n) is 10.5. The number of fused-ring (bicyclic) bond motifs is 1. The van der Waals surface area contributed by atoms with Crippen molar-refractivity contribution in [1.29, 1.82) is 0 Å². The fourth-order valence-electron chi connectivity index (χ4n) is 3.32. The molecule has 1 aromatic heterocycles. The number of thioether (sulfide) groups is 1. The fraction of sp³-hybridized carbons (Fsp3) is 0.160. The second-order valence-corrected chi connectivity index (χ2v) is 8.55. The van der Waals surface area contributed by atoms with E-state index in [1.54, 1.807) is 61.7 Å². The highest BCUT2D eigenvalue weighted by molar-refractivity contribution is 7.99. The van der Waals surface area contributed by atoms with E-state index in [2.05, 4.69) is 10.3 Å². The van der Waals surface area contributed by atoms with Crippen molar-refractivity contribution < 1.29 is 14.3 Å². The molecule has 0 spiro atoms. The molecule has 0 aliphatic carbocycles. The molecule has 0 saturated heterocycles. The Balaban J connectivity index is 1.45. The standard InChI is InChI=1S/C25H22ClN3O4S/c1-32-21-11-4-5-12-22(21)33-14-13-27-23(30)16-34-25-28-20-10-3-2-9-19(20)24(31)29(25)18-8-6-7-17(26)15-18/h2-12,15H,13-14,16H2,1H3,(H,27,30). The molecule has 0 unspecified atom stereocenters. The van der Waals surface area contributed by atoms with Crippen LogP contribution in [0.4, 0.5) is 0 Å². The minimum Gasteiger partial charge on any atom is -0.493 e. The first-order valence-corrected chi connectivity index (χ1v) is 11.9. The SMILES string of the molecule is COc1ccccc1OCCNC(=O)CSc1nc2ccccc2c(=O)n1-c1cccc(Cl)c1. The summed E-state index contributed by atoms with van der Waals surface area (Å²) in [7, 11) is 1.57. The van der Waals surface area contributed by atoms with Gasteiger partial charge < -0.3 is 14.8 Å². The Hall–Kier alpha value is -3.49. The summed E-state index contributed by atoms with van der Waals surface area (Å²) in [5, 5.41) is 4.22. The highest BCUT2D eigenvalue weighted by atomic mass is 35.5. The van der Waals surface area contributed by atoms with Crippen LogP contribution >= 0.6 is 23.4 Å². The average Bonchev–Trinajstić information content (AvgIpc) is 2.85. The molecule has 7 nitrogen and oxygen atoms in total. The summed E-state index contributed by atoms with van der Waals surface area (Å²) in [6, 6.07) is 21.4. The summed E-state index contributed by atoms with van der Waals surface area (Å²) in [4.78, 5) is 30.3. The number of hydrogen-bond donors (Lipinski definition) is 1. The van der Waals surface area contributed by atoms with Crippen molar-refractivity contribution in [3.63, 3.8) is 0 Å². The van der Waals surface area contributed by atoms with Crippen LogP contribution in [0.15, 0.2) is 82.7 Å². The van der Waals surface area contributed by atoms with Crippen LogP contribution in [0, 0.1) is 0 Å². The van der Waals surface area contributed by atoms with Crippen LogP contribution in [-0.2, 0) is 4.79 Å². The van der Waals surface area contributed by atoms with Crippen molar-refractivity contribution in [2.75, 3.05) is 26.0 Å². The van der Waals surface area contributed by atoms with Gasteiger partial charge in [-0.2, -0.15) is 0 Å². The van der Waals surface area contributed by atoms with E-state index in [9.17, 15) is 9.59 Å². The molecule has 0 aliphatic rings. The number of halogens is 1. The average molecular weight is 496 g/mol. The van der Waals surface area contributed by atoms with E-state index in [1.807, 2.05) is 18.2 Å². The van der Waals surface area contributed by atoms with Gasteiger partial charge in [0.05, 0.1) is 36.0 Å². The number of aromatic nitrogens is 2. The lowest BCUT2D eigenvalue weighted by Gasteiger charge is -2.14. The van der Waals surface area contributed by atoms with E-state index in [0.717, 1.165) is 0 Å². The summed E-state index contributed by atoms with van der Waals surface area (Å²) in [5.74, 6) is 1.12. The van der Waals surface area contributed by atoms with E-state index < -0.39 is 0 Å². The number of carbonyl (C=O) groups excluding carboxylic acids is 1. The first-order chi connectivity index (χ1) is 16.6. The van der Waals surface area contributed by atoms with Gasteiger partial charge in [0.15, 0.2) is 16.7 Å². The number of methoxy groups -OCH3 is 1. The lowest BCUT2D eigenvalue weighted by atomic mass is 10.2. The minimum absolute atomic E-state index is 0.0833. The predicted octanol–water partition coefficient (Wildman–Crippen LogP) is 4.34. The van der Waals surface area contributed by atoms with Gasteiger partial charge in [-0.15, -0.1) is 0 Å². The van der Waals surface area contributed by atoms with Gasteiger partial charge in [-0.25, -0.2) is 4.98 Å². The number of rotatable bonds is 9. The Morgan fingerprint density at radius 1 is 1.06 bits per heavy atom. The lowest BCUT2D eigenvalue weighted by Crippen LogP contribution is -2.30. The van der Waals surface area contributed by atoms with Crippen LogP contribution in [0.3, 0.4) is 0 Å². The fourth-order valence-corrected chi connectivity index (χ4v) is 4.35. The molecule has 0 aliphatic heterocycles. The van der Waals surface area contributed by atoms with Gasteiger partial charge in [0.2, 0.25) is 5.91 Å². The van der Waals surface area contributed by atoms with Gasteiger partial charge in [0.25, 0.3) is 5.56 Å². The van der Waals surface area contributed by atoms with Gasteiger partial charge in [0.1, 0.15) is 6.61 Å². The number of ether oxygens (including phenoxy) is 2. The summed E-state index contributed by atoms with van der Waals surface area (Å²) in [6.45, 7) is 0.613. The summed E-state index contributed by atoms with van der Waals surface area (Å²) < 4.78 is 12.4. The van der Waals surface area contributed by atoms with E-state index in [1.165, 1.54) is 16.3 Å². The van der Waals surface area contributed by atoms with Crippen LogP contribution in [0.5, 0.6) is 11.5 Å². The van der Waals surface area contributed by atoms with Gasteiger partial charge in [-0.3, -0.25) is 14.2 Å². The first kappa shape index (κ1) is 23.7. The maximum Gasteiger partial charge on any atom is 0.266 e. The maximum atomic E-state index is 13.2. The van der Waals surface area contributed by atoms with Crippen molar-refractivity contribution in [3.8, 4) is 17.2 Å². The molecule has 0 atom stereocenters. The zero-order valence-electron chi connectivity index (χ0n) is 18.4. The van der Waals surface area contributed by atoms with Gasteiger partial charge >= 0.3 is 0 Å². The van der Waals surface area contributed by atoms with Gasteiger partial charge in [-0.05, 0) is 42.5 Å². The number of hydrogen-bond acceptors (Lipinski definition) is 6. The van der Waals surface area contributed by atoms with Gasteiger partial charge in [-0.1, -0.05) is 53.7 Å². The monoisotopic (exact) mass is 495 g/mol. The van der Waals surface area contributed by atoms with E-state index in [-0.39, 0.29) is 23.8 Å². The number of nitrogens with one attached hydrogen (secondary N) is 1. The third kappa shape index (κ3) is 5.52. The van der Waals surface area contributed by atoms with Crippen LogP contribution in [0.1, 0.15) is 0 Å². The molecule has 1 N–H and O–H groups in total. The molecular formula is C25H22ClN3O4S. The summed E-state index contributed by atoms with van der Waals surface area (Å²) in [5.41, 5.74) is 0.934. The van der Waals surface area contributed by atoms with E-state index >= 15 is 0 Å². The molecule has 0 bridgehead atoms. The molecule has 0 radical (unpaired) electrons. The van der Waals surface area contributed by atoms with Crippen LogP contribution in [0.25, 0.3) is 16.6 Å². The van der Waals surface area contributed by atoms with Crippen LogP contribution < -0.4 is 20.3 Å². The number of benzene rings is 3. The van der Waals surface area contributed by atoms with Crippen molar-refractivity contribution >= 4 is 40.2 Å². The second kappa shape index (κ2) is 11.1. The number of carbonyl (C=O) groups is 1. The maximum absolute atomic E-state index is 13.2. The Morgan fingerprint density at radius 3 is 2.62 bits per heavy atom. The second-order valence-electron chi connectivity index (χ2n) is 7.17. The zero-order chi connectivity index (χ0) is 23.9. The summed E-state index contributed by atoms with van der Waals surface area (Å²) in [6.07, 6.45) is 0. The Labute approximate surface area is 205 Å². The molecule has 1 amide bonds. The quantitative estimate of drug-likeness (QED) is 0.211. The molecule has 0 fully saturated rings.